The van der Waals surface area contributed by atoms with E-state index in [0.29, 0.717) is 83.1 Å². The minimum absolute atomic E-state index is 0.0415. The van der Waals surface area contributed by atoms with Crippen LogP contribution >= 0.6 is 0 Å². The molecule has 1 atom stereocenters. The molecule has 0 aromatic rings. The molecule has 10 rings (SSSR count). The SMILES string of the molecule is CC.CC.CC.CC.CC.CC.CC.CC.CC.CC1CCC(C(=O)N(C)C(C)C)CC1.CC1CCC(C(=O)N(C)C)CC1.CC1CCC(C(=O)NCC2CC2)CC1.CCC(C)(C)NC(=O)C1CCC(C)CC1.CCCNC(=O)C1CCC(C)CC1.CCN(C)C(=O)C1CCC(C)CC1.CCNC(=O)C1CCC(C)CC1.CC[C@@H](C)NC(=O)C1CCC(C)CC1.CNC(=O)C1CCC(C)CC1. The number of carbonyl (C=O) groups excluding carboxylic acids is 9. The van der Waals surface area contributed by atoms with Crippen molar-refractivity contribution in [2.75, 3.05) is 61.4 Å². The number of carbonyl (C=O) groups is 9. The van der Waals surface area contributed by atoms with Gasteiger partial charge in [-0.25, -0.2) is 0 Å². The van der Waals surface area contributed by atoms with E-state index in [-0.39, 0.29) is 41.0 Å². The maximum absolute atomic E-state index is 12.0. The molecule has 136 heavy (non-hydrogen) atoms. The Morgan fingerprint density at radius 2 is 0.544 bits per heavy atom. The number of hydrogen-bond acceptors (Lipinski definition) is 9. The topological polar surface area (TPSA) is 236 Å². The highest BCUT2D eigenvalue weighted by Crippen LogP contribution is 2.37. The number of hydrogen-bond donors (Lipinski definition) is 6. The fraction of sp³-hybridized carbons (Fsp3) is 0.924. The van der Waals surface area contributed by atoms with Crippen molar-refractivity contribution in [3.63, 3.8) is 0 Å². The summed E-state index contributed by atoms with van der Waals surface area (Å²) in [5.74, 6) is 13.7. The molecule has 0 bridgehead atoms. The van der Waals surface area contributed by atoms with Gasteiger partial charge in [0.1, 0.15) is 0 Å². The molecule has 814 valence electrons. The molecule has 9 amide bonds. The lowest BCUT2D eigenvalue weighted by molar-refractivity contribution is -0.137. The van der Waals surface area contributed by atoms with Crippen molar-refractivity contribution in [2.45, 2.75) is 537 Å². The Labute approximate surface area is 849 Å². The van der Waals surface area contributed by atoms with Crippen LogP contribution in [0, 0.1) is 112 Å². The normalized spacial score (nSPS) is 26.0. The van der Waals surface area contributed by atoms with Crippen molar-refractivity contribution in [3.8, 4) is 0 Å². The number of amides is 9. The Kier molecular flexibility index (Phi) is 102. The van der Waals surface area contributed by atoms with Crippen molar-refractivity contribution in [1.29, 1.82) is 0 Å². The highest BCUT2D eigenvalue weighted by molar-refractivity contribution is 5.82. The first-order chi connectivity index (χ1) is 64.8. The highest BCUT2D eigenvalue weighted by Gasteiger charge is 2.34. The van der Waals surface area contributed by atoms with Crippen molar-refractivity contribution in [1.82, 2.24) is 46.6 Å². The van der Waals surface area contributed by atoms with Crippen LogP contribution in [0.5, 0.6) is 0 Å². The monoisotopic (exact) mass is 1930 g/mol. The van der Waals surface area contributed by atoms with E-state index in [4.69, 9.17) is 0 Å². The van der Waals surface area contributed by atoms with Gasteiger partial charge in [0, 0.05) is 132 Å². The molecule has 10 aliphatic rings. The summed E-state index contributed by atoms with van der Waals surface area (Å²) in [6.45, 7) is 80.6. The van der Waals surface area contributed by atoms with Crippen LogP contribution in [0.3, 0.4) is 0 Å². The van der Waals surface area contributed by atoms with Crippen LogP contribution in [-0.4, -0.2) is 147 Å². The molecule has 0 radical (unpaired) electrons. The number of rotatable bonds is 20. The molecular formula is C118H243N9O9. The van der Waals surface area contributed by atoms with Gasteiger partial charge in [-0.05, 0) is 371 Å². The van der Waals surface area contributed by atoms with Gasteiger partial charge in [0.15, 0.2) is 0 Å². The summed E-state index contributed by atoms with van der Waals surface area (Å²) in [5, 5.41) is 17.9. The van der Waals surface area contributed by atoms with E-state index in [1.807, 2.05) is 176 Å². The minimum atomic E-state index is -0.0415. The van der Waals surface area contributed by atoms with Crippen molar-refractivity contribution < 1.29 is 43.2 Å². The van der Waals surface area contributed by atoms with Crippen LogP contribution < -0.4 is 31.9 Å². The van der Waals surface area contributed by atoms with Crippen LogP contribution in [0.15, 0.2) is 0 Å². The first-order valence-electron chi connectivity index (χ1n) is 58.2. The van der Waals surface area contributed by atoms with E-state index >= 15 is 0 Å². The molecule has 0 spiro atoms. The van der Waals surface area contributed by atoms with Gasteiger partial charge in [0.2, 0.25) is 53.2 Å². The standard InChI is InChI=1S/C13H25NO.C12H21NO.2C12H23NO.2C11H21NO.2C10H19NO.C9H17NO.9C2H6/c1-5-13(3,4)14-12(15)11-8-6-10(2)7-9-11;1-9-2-6-11(7-3-9)12(14)13-8-10-4-5-10;1-9(2)13(4)12(14)11-7-5-10(3)6-8-11;1-4-10(3)13-12(14)11-7-5-9(2)6-8-11;1-4-12(3)11(13)10-7-5-9(2)6-8-10;1-3-8-12-11(13)10-6-4-9(2)5-7-10;1-8-4-6-9(7-5-8)10(12)11(2)3;1-3-11-10(12)9-6-4-8(2)5-7-9;1-7-3-5-8(6-4-7)9(11)10-2;9*1-2/h10-11H,5-9H2,1-4H3,(H,14,15);9-11H,2-8H2,1H3,(H,13,14);9-11H,5-8H2,1-4H3;9-11H,4-8H2,1-3H3,(H,13,14);9-10H,4-8H2,1-3H3;9-10H,3-8H2,1-2H3,(H,12,13);8-9H,4-7H2,1-3H3;8-9H,3-7H2,1-2H3,(H,11,12);7-8H,3-6H2,1-2H3,(H,10,11);9*1-2H3/t;;;9?,10-,11?;;;;;;;;;;;;;;/m...1............../s1. The number of nitrogens with zero attached hydrogens (tertiary/aromatic N) is 3. The zero-order valence-electron chi connectivity index (χ0n) is 99.0. The van der Waals surface area contributed by atoms with Gasteiger partial charge < -0.3 is 46.6 Å². The largest absolute Gasteiger partial charge is 0.359 e. The summed E-state index contributed by atoms with van der Waals surface area (Å²) in [6.07, 6.45) is 47.4. The van der Waals surface area contributed by atoms with Crippen molar-refractivity contribution >= 4 is 53.2 Å². The first kappa shape index (κ1) is 147. The van der Waals surface area contributed by atoms with Gasteiger partial charge in [0.05, 0.1) is 0 Å². The molecule has 0 aliphatic heterocycles. The molecule has 0 saturated heterocycles. The zero-order valence-corrected chi connectivity index (χ0v) is 99.0. The predicted molar refractivity (Wildman–Crippen MR) is 594 cm³/mol. The quantitative estimate of drug-likeness (QED) is 0.0679. The highest BCUT2D eigenvalue weighted by atomic mass is 16.2. The molecule has 0 unspecified atom stereocenters. The van der Waals surface area contributed by atoms with E-state index in [9.17, 15) is 43.2 Å². The second-order valence-electron chi connectivity index (χ2n) is 40.8. The third kappa shape index (κ3) is 73.3. The summed E-state index contributed by atoms with van der Waals surface area (Å²) in [5.41, 5.74) is -0.0415. The second-order valence-corrected chi connectivity index (χ2v) is 40.8. The molecule has 0 aromatic heterocycles. The van der Waals surface area contributed by atoms with Crippen molar-refractivity contribution in [2.24, 2.45) is 112 Å². The predicted octanol–water partition coefficient (Wildman–Crippen LogP) is 30.1. The third-order valence-corrected chi connectivity index (χ3v) is 28.6. The van der Waals surface area contributed by atoms with E-state index in [1.54, 1.807) is 11.9 Å². The molecule has 10 fully saturated rings. The number of nitrogens with one attached hydrogen (secondary N) is 6. The van der Waals surface area contributed by atoms with Gasteiger partial charge in [-0.3, -0.25) is 43.2 Å². The zero-order chi connectivity index (χ0) is 107. The Morgan fingerprint density at radius 1 is 0.301 bits per heavy atom. The second kappa shape index (κ2) is 95.1. The maximum atomic E-state index is 12.0. The molecule has 0 aromatic carbocycles. The van der Waals surface area contributed by atoms with Crippen LogP contribution in [0.2, 0.25) is 0 Å². The summed E-state index contributed by atoms with van der Waals surface area (Å²) in [4.78, 5) is 110. The van der Waals surface area contributed by atoms with Crippen LogP contribution in [0.1, 0.15) is 519 Å². The summed E-state index contributed by atoms with van der Waals surface area (Å²) in [7, 11) is 9.24. The van der Waals surface area contributed by atoms with E-state index in [2.05, 4.69) is 150 Å². The van der Waals surface area contributed by atoms with E-state index in [0.717, 1.165) is 220 Å². The lowest BCUT2D eigenvalue weighted by atomic mass is 9.82. The molecular weight excluding hydrogens is 1690 g/mol. The Morgan fingerprint density at radius 3 is 0.779 bits per heavy atom. The van der Waals surface area contributed by atoms with Crippen molar-refractivity contribution in [3.05, 3.63) is 0 Å². The van der Waals surface area contributed by atoms with Gasteiger partial charge >= 0.3 is 0 Å². The Balaban J connectivity index is -0.000000221. The van der Waals surface area contributed by atoms with Crippen LogP contribution in [0.4, 0.5) is 0 Å². The average Bonchev–Trinajstić information content (AvgIpc) is 1.20. The minimum Gasteiger partial charge on any atom is -0.359 e. The molecule has 6 N–H and O–H groups in total. The molecule has 18 nitrogen and oxygen atoms in total. The smallest absolute Gasteiger partial charge is 0.225 e. The van der Waals surface area contributed by atoms with Gasteiger partial charge in [-0.1, -0.05) is 208 Å². The summed E-state index contributed by atoms with van der Waals surface area (Å²) in [6, 6.07) is 0.670. The van der Waals surface area contributed by atoms with Gasteiger partial charge in [-0.2, -0.15) is 0 Å². The van der Waals surface area contributed by atoms with Crippen LogP contribution in [-0.2, 0) is 43.2 Å². The van der Waals surface area contributed by atoms with Gasteiger partial charge in [0.25, 0.3) is 0 Å². The Hall–Kier alpha value is -4.77. The molecule has 10 saturated carbocycles. The third-order valence-electron chi connectivity index (χ3n) is 28.6. The Bertz CT molecular complexity index is 2730. The summed E-state index contributed by atoms with van der Waals surface area (Å²) >= 11 is 0. The van der Waals surface area contributed by atoms with E-state index in [1.165, 1.54) is 128 Å². The maximum Gasteiger partial charge on any atom is 0.225 e. The fourth-order valence-electron chi connectivity index (χ4n) is 17.6. The fourth-order valence-corrected chi connectivity index (χ4v) is 17.6. The average molecular weight is 1930 g/mol. The van der Waals surface area contributed by atoms with Gasteiger partial charge in [-0.15, -0.1) is 0 Å². The summed E-state index contributed by atoms with van der Waals surface area (Å²) < 4.78 is 0. The lowest BCUT2D eigenvalue weighted by Crippen LogP contribution is -2.46. The van der Waals surface area contributed by atoms with Crippen LogP contribution in [0.25, 0.3) is 0 Å². The first-order valence-corrected chi connectivity index (χ1v) is 58.2. The molecule has 0 heterocycles. The lowest BCUT2D eigenvalue weighted by Gasteiger charge is -2.30. The van der Waals surface area contributed by atoms with E-state index < -0.39 is 0 Å². The molecule has 10 aliphatic carbocycles. The molecule has 18 heteroatoms.